The molecule has 1 saturated carbocycles. The molecule has 0 spiro atoms. The predicted molar refractivity (Wildman–Crippen MR) is 88.5 cm³/mol. The van der Waals surface area contributed by atoms with Crippen molar-refractivity contribution < 1.29 is 9.59 Å². The second-order valence-corrected chi connectivity index (χ2v) is 7.07. The van der Waals surface area contributed by atoms with Gasteiger partial charge in [0.1, 0.15) is 5.69 Å². The first kappa shape index (κ1) is 15.3. The summed E-state index contributed by atoms with van der Waals surface area (Å²) < 4.78 is 1.92. The molecule has 0 radical (unpaired) electrons. The summed E-state index contributed by atoms with van der Waals surface area (Å²) in [4.78, 5) is 30.6. The largest absolute Gasteiger partial charge is 0.348 e. The van der Waals surface area contributed by atoms with Gasteiger partial charge in [-0.25, -0.2) is 4.98 Å². The Balaban J connectivity index is 1.45. The third-order valence-corrected chi connectivity index (χ3v) is 5.40. The van der Waals surface area contributed by atoms with Crippen LogP contribution in [0, 0.1) is 5.92 Å². The second kappa shape index (κ2) is 6.35. The quantitative estimate of drug-likeness (QED) is 0.910. The molecule has 2 amide bonds. The molecular weight excluding hydrogens is 326 g/mol. The molecule has 1 N–H and O–H groups in total. The van der Waals surface area contributed by atoms with E-state index in [9.17, 15) is 9.59 Å². The van der Waals surface area contributed by atoms with E-state index < -0.39 is 0 Å². The molecule has 2 aromatic heterocycles. The van der Waals surface area contributed by atoms with Crippen LogP contribution in [0.3, 0.4) is 0 Å². The lowest BCUT2D eigenvalue weighted by atomic mass is 9.84. The minimum Gasteiger partial charge on any atom is -0.348 e. The first-order chi connectivity index (χ1) is 11.7. The highest BCUT2D eigenvalue weighted by Crippen LogP contribution is 2.30. The highest BCUT2D eigenvalue weighted by Gasteiger charge is 2.34. The lowest BCUT2D eigenvalue weighted by Crippen LogP contribution is -2.48. The molecule has 2 aromatic rings. The van der Waals surface area contributed by atoms with E-state index in [1.807, 2.05) is 15.6 Å². The van der Waals surface area contributed by atoms with E-state index in [0.29, 0.717) is 25.3 Å². The molecule has 0 bridgehead atoms. The minimum absolute atomic E-state index is 0.0460. The minimum atomic E-state index is -0.188. The zero-order valence-corrected chi connectivity index (χ0v) is 14.0. The van der Waals surface area contributed by atoms with Gasteiger partial charge in [-0.3, -0.25) is 14.3 Å². The number of rotatable bonds is 4. The van der Waals surface area contributed by atoms with Gasteiger partial charge in [0, 0.05) is 30.6 Å². The summed E-state index contributed by atoms with van der Waals surface area (Å²) >= 11 is 1.39. The fraction of sp³-hybridized carbons (Fsp3) is 0.500. The van der Waals surface area contributed by atoms with Crippen molar-refractivity contribution in [2.45, 2.75) is 31.8 Å². The van der Waals surface area contributed by atoms with Crippen molar-refractivity contribution in [2.24, 2.45) is 5.92 Å². The summed E-state index contributed by atoms with van der Waals surface area (Å²) in [6, 6.07) is 1.89. The second-order valence-electron chi connectivity index (χ2n) is 6.35. The van der Waals surface area contributed by atoms with E-state index in [2.05, 4.69) is 15.4 Å². The molecule has 7 nitrogen and oxygen atoms in total. The number of aromatic nitrogens is 3. The summed E-state index contributed by atoms with van der Waals surface area (Å²) in [5.74, 6) is 0.238. The van der Waals surface area contributed by atoms with E-state index in [0.717, 1.165) is 25.0 Å². The van der Waals surface area contributed by atoms with Gasteiger partial charge < -0.3 is 10.2 Å². The molecule has 1 aliphatic heterocycles. The fourth-order valence-corrected chi connectivity index (χ4v) is 3.78. The maximum atomic E-state index is 12.6. The fourth-order valence-electron chi connectivity index (χ4n) is 3.25. The molecule has 0 unspecified atom stereocenters. The number of nitrogens with one attached hydrogen (secondary N) is 1. The molecule has 126 valence electrons. The van der Waals surface area contributed by atoms with Gasteiger partial charge in [-0.2, -0.15) is 5.10 Å². The van der Waals surface area contributed by atoms with Crippen LogP contribution in [-0.2, 0) is 11.3 Å². The number of thiazole rings is 1. The van der Waals surface area contributed by atoms with Gasteiger partial charge in [-0.1, -0.05) is 6.42 Å². The summed E-state index contributed by atoms with van der Waals surface area (Å²) in [5, 5.41) is 9.00. The maximum absolute atomic E-state index is 12.6. The van der Waals surface area contributed by atoms with Crippen LogP contribution < -0.4 is 5.32 Å². The van der Waals surface area contributed by atoms with E-state index in [1.54, 1.807) is 17.1 Å². The van der Waals surface area contributed by atoms with Crippen LogP contribution in [0.15, 0.2) is 23.2 Å². The smallest absolute Gasteiger partial charge is 0.270 e. The number of fused-ring (bicyclic) bond motifs is 1. The molecule has 3 heterocycles. The van der Waals surface area contributed by atoms with Crippen molar-refractivity contribution in [1.29, 1.82) is 0 Å². The van der Waals surface area contributed by atoms with Gasteiger partial charge in [0.2, 0.25) is 5.91 Å². The summed E-state index contributed by atoms with van der Waals surface area (Å²) in [6.07, 6.45) is 4.90. The molecule has 24 heavy (non-hydrogen) atoms. The monoisotopic (exact) mass is 345 g/mol. The van der Waals surface area contributed by atoms with Crippen LogP contribution in [0.25, 0.3) is 0 Å². The van der Waals surface area contributed by atoms with Gasteiger partial charge in [-0.15, -0.1) is 11.3 Å². The molecule has 4 rings (SSSR count). The number of nitrogens with zero attached hydrogens (tertiary/aromatic N) is 4. The lowest BCUT2D eigenvalue weighted by molar-refractivity contribution is -0.140. The number of hydrogen-bond donors (Lipinski definition) is 1. The van der Waals surface area contributed by atoms with Gasteiger partial charge in [0.05, 0.1) is 23.8 Å². The Morgan fingerprint density at radius 3 is 2.96 bits per heavy atom. The van der Waals surface area contributed by atoms with Crippen molar-refractivity contribution in [2.75, 3.05) is 13.1 Å². The van der Waals surface area contributed by atoms with Crippen molar-refractivity contribution >= 4 is 23.2 Å². The van der Waals surface area contributed by atoms with Crippen LogP contribution in [0.1, 0.15) is 41.5 Å². The maximum Gasteiger partial charge on any atom is 0.270 e. The van der Waals surface area contributed by atoms with E-state index >= 15 is 0 Å². The number of carbonyl (C=O) groups excluding carboxylic acids is 2. The zero-order valence-electron chi connectivity index (χ0n) is 13.2. The molecule has 8 heteroatoms. The van der Waals surface area contributed by atoms with Gasteiger partial charge in [0.25, 0.3) is 5.91 Å². The Bertz CT molecular complexity index is 737. The standard InChI is InChI=1S/C16H19N5O2S/c22-15(14-9-24-10-18-14)17-6-13-8-20(16(23)11-2-1-3-11)7-12-4-5-19-21(12)13/h4-5,9-11,13H,1-3,6-8H2,(H,17,22)/t13-/m1/s1. The Kier molecular flexibility index (Phi) is 4.05. The van der Waals surface area contributed by atoms with E-state index in [1.165, 1.54) is 11.3 Å². The van der Waals surface area contributed by atoms with Crippen molar-refractivity contribution in [3.8, 4) is 0 Å². The van der Waals surface area contributed by atoms with Crippen molar-refractivity contribution in [3.05, 3.63) is 34.5 Å². The molecule has 1 atom stereocenters. The van der Waals surface area contributed by atoms with Crippen LogP contribution in [0.5, 0.6) is 0 Å². The Morgan fingerprint density at radius 1 is 1.38 bits per heavy atom. The Labute approximate surface area is 143 Å². The number of amides is 2. The van der Waals surface area contributed by atoms with Crippen molar-refractivity contribution in [3.63, 3.8) is 0 Å². The Morgan fingerprint density at radius 2 is 2.25 bits per heavy atom. The van der Waals surface area contributed by atoms with Gasteiger partial charge >= 0.3 is 0 Å². The summed E-state index contributed by atoms with van der Waals surface area (Å²) in [6.45, 7) is 1.62. The van der Waals surface area contributed by atoms with Gasteiger partial charge in [-0.05, 0) is 18.9 Å². The predicted octanol–water partition coefficient (Wildman–Crippen LogP) is 1.45. The number of carbonyl (C=O) groups is 2. The topological polar surface area (TPSA) is 80.1 Å². The van der Waals surface area contributed by atoms with Crippen molar-refractivity contribution in [1.82, 2.24) is 25.0 Å². The Hall–Kier alpha value is -2.22. The summed E-state index contributed by atoms with van der Waals surface area (Å²) in [7, 11) is 0. The third kappa shape index (κ3) is 2.82. The molecule has 2 aliphatic rings. The highest BCUT2D eigenvalue weighted by atomic mass is 32.1. The molecule has 0 aromatic carbocycles. The van der Waals surface area contributed by atoms with Crippen LogP contribution in [-0.4, -0.2) is 44.6 Å². The zero-order chi connectivity index (χ0) is 16.5. The van der Waals surface area contributed by atoms with Crippen LogP contribution in [0.4, 0.5) is 0 Å². The lowest BCUT2D eigenvalue weighted by Gasteiger charge is -2.37. The first-order valence-electron chi connectivity index (χ1n) is 8.20. The first-order valence-corrected chi connectivity index (χ1v) is 9.14. The number of hydrogen-bond acceptors (Lipinski definition) is 5. The molecule has 1 aliphatic carbocycles. The SMILES string of the molecule is O=C(NC[C@@H]1CN(C(=O)C2CCC2)Cc2ccnn21)c1cscn1. The van der Waals surface area contributed by atoms with Gasteiger partial charge in [0.15, 0.2) is 0 Å². The average Bonchev–Trinajstić information content (AvgIpc) is 3.21. The van der Waals surface area contributed by atoms with Crippen LogP contribution >= 0.6 is 11.3 Å². The average molecular weight is 345 g/mol. The molecule has 0 saturated heterocycles. The summed E-state index contributed by atoms with van der Waals surface area (Å²) in [5.41, 5.74) is 3.08. The third-order valence-electron chi connectivity index (χ3n) is 4.81. The molecule has 1 fully saturated rings. The van der Waals surface area contributed by atoms with E-state index in [4.69, 9.17) is 0 Å². The van der Waals surface area contributed by atoms with E-state index in [-0.39, 0.29) is 23.8 Å². The normalized spacial score (nSPS) is 20.3. The van der Waals surface area contributed by atoms with Crippen LogP contribution in [0.2, 0.25) is 0 Å². The highest BCUT2D eigenvalue weighted by molar-refractivity contribution is 7.07. The molecular formula is C16H19N5O2S.